The summed E-state index contributed by atoms with van der Waals surface area (Å²) < 4.78 is 0. The van der Waals surface area contributed by atoms with Crippen LogP contribution in [-0.2, 0) is 11.1 Å². The Kier molecular flexibility index (Phi) is 12.1. The van der Waals surface area contributed by atoms with Crippen LogP contribution in [-0.4, -0.2) is 36.6 Å². The van der Waals surface area contributed by atoms with Crippen LogP contribution in [0.25, 0.3) is 0 Å². The molecule has 2 aliphatic rings. The smallest absolute Gasteiger partial charge is 0.0950 e. The topological polar surface area (TPSA) is 48.8 Å². The Morgan fingerprint density at radius 3 is 0.821 bits per heavy atom. The molecule has 282 valence electrons. The molecule has 2 fully saturated rings. The predicted molar refractivity (Wildman–Crippen MR) is 234 cm³/mol. The van der Waals surface area contributed by atoms with E-state index in [0.717, 1.165) is 25.7 Å². The van der Waals surface area contributed by atoms with Crippen molar-refractivity contribution in [1.29, 1.82) is 0 Å². The number of aliphatic imine (C=N–C) groups is 2. The highest BCUT2D eigenvalue weighted by Crippen LogP contribution is 2.41. The molecule has 0 radical (unpaired) electrons. The van der Waals surface area contributed by atoms with Gasteiger partial charge in [-0.15, -0.1) is 0 Å². The first-order valence-corrected chi connectivity index (χ1v) is 20.7. The van der Waals surface area contributed by atoms with Gasteiger partial charge in [-0.1, -0.05) is 208 Å². The van der Waals surface area contributed by atoms with E-state index >= 15 is 0 Å². The highest BCUT2D eigenvalue weighted by Gasteiger charge is 2.42. The highest BCUT2D eigenvalue weighted by molar-refractivity contribution is 6.16. The van der Waals surface area contributed by atoms with Crippen LogP contribution in [0.5, 0.6) is 0 Å². The average Bonchev–Trinajstić information content (AvgIpc) is 3.29. The van der Waals surface area contributed by atoms with Gasteiger partial charge in [-0.2, -0.15) is 0 Å². The molecule has 4 heteroatoms. The summed E-state index contributed by atoms with van der Waals surface area (Å²) in [5.74, 6) is 0. The summed E-state index contributed by atoms with van der Waals surface area (Å²) >= 11 is 0. The van der Waals surface area contributed by atoms with Gasteiger partial charge in [0.15, 0.2) is 0 Å². The third-order valence-electron chi connectivity index (χ3n) is 12.1. The van der Waals surface area contributed by atoms with E-state index in [1.54, 1.807) is 0 Å². The molecule has 2 N–H and O–H groups in total. The van der Waals surface area contributed by atoms with E-state index in [9.17, 15) is 0 Å². The number of benzene rings is 6. The monoisotopic (exact) mass is 734 g/mol. The fourth-order valence-corrected chi connectivity index (χ4v) is 9.40. The highest BCUT2D eigenvalue weighted by atomic mass is 15.1. The second kappa shape index (κ2) is 18.0. The summed E-state index contributed by atoms with van der Waals surface area (Å²) in [5.41, 5.74) is 6.39. The van der Waals surface area contributed by atoms with Crippen molar-refractivity contribution in [3.63, 3.8) is 0 Å². The van der Waals surface area contributed by atoms with Crippen LogP contribution >= 0.6 is 0 Å². The average molecular weight is 735 g/mol. The first-order valence-electron chi connectivity index (χ1n) is 20.7. The summed E-state index contributed by atoms with van der Waals surface area (Å²) in [6, 6.07) is 66.3. The first kappa shape index (κ1) is 37.5. The van der Waals surface area contributed by atoms with Crippen molar-refractivity contribution in [2.24, 2.45) is 9.98 Å². The van der Waals surface area contributed by atoms with E-state index in [1.807, 2.05) is 12.4 Å². The summed E-state index contributed by atoms with van der Waals surface area (Å²) in [5, 5.41) is 8.54. The van der Waals surface area contributed by atoms with Gasteiger partial charge in [0.1, 0.15) is 0 Å². The van der Waals surface area contributed by atoms with Crippen LogP contribution in [0.1, 0.15) is 84.7 Å². The van der Waals surface area contributed by atoms with Gasteiger partial charge in [0, 0.05) is 24.5 Å². The number of nitrogens with one attached hydrogen (secondary N) is 2. The molecule has 8 rings (SSSR count). The molecule has 0 saturated heterocycles. The maximum absolute atomic E-state index is 5.30. The van der Waals surface area contributed by atoms with E-state index in [-0.39, 0.29) is 24.2 Å². The first-order chi connectivity index (χ1) is 27.8. The second-order valence-corrected chi connectivity index (χ2v) is 15.5. The zero-order valence-corrected chi connectivity index (χ0v) is 32.3. The molecule has 0 aromatic heterocycles. The molecule has 6 aromatic carbocycles. The van der Waals surface area contributed by atoms with Gasteiger partial charge in [-0.05, 0) is 59.1 Å². The van der Waals surface area contributed by atoms with Crippen molar-refractivity contribution in [3.05, 3.63) is 215 Å². The van der Waals surface area contributed by atoms with Gasteiger partial charge in [-0.3, -0.25) is 20.6 Å². The van der Waals surface area contributed by atoms with Crippen molar-refractivity contribution in [2.75, 3.05) is 0 Å². The summed E-state index contributed by atoms with van der Waals surface area (Å²) in [7, 11) is 0. The lowest BCUT2D eigenvalue weighted by Crippen LogP contribution is -2.54. The molecule has 4 atom stereocenters. The fraction of sp³-hybridized carbons (Fsp3) is 0.269. The molecule has 2 aliphatic carbocycles. The van der Waals surface area contributed by atoms with Gasteiger partial charge >= 0.3 is 0 Å². The molecule has 0 bridgehead atoms. The Balaban J connectivity index is 1.08. The largest absolute Gasteiger partial charge is 0.295 e. The summed E-state index contributed by atoms with van der Waals surface area (Å²) in [6.45, 7) is 0. The Morgan fingerprint density at radius 1 is 0.339 bits per heavy atom. The number of rotatable bonds is 13. The Morgan fingerprint density at radius 2 is 0.571 bits per heavy atom. The SMILES string of the molecule is C(C=NC1CCCC[C@H]1NC(c1ccccc1)(c1ccccc1)c1ccccc1)=NC1CCCC[C@H]1NC(c1ccccc1)(c1ccccc1)c1ccccc1. The van der Waals surface area contributed by atoms with Gasteiger partial charge in [0.05, 0.1) is 23.2 Å². The van der Waals surface area contributed by atoms with E-state index in [2.05, 4.69) is 193 Å². The summed E-state index contributed by atoms with van der Waals surface area (Å²) in [4.78, 5) is 10.6. The Bertz CT molecular complexity index is 1770. The quantitative estimate of drug-likeness (QED) is 0.0917. The maximum atomic E-state index is 5.30. The van der Waals surface area contributed by atoms with Gasteiger partial charge in [0.25, 0.3) is 0 Å². The molecule has 0 heterocycles. The zero-order valence-electron chi connectivity index (χ0n) is 32.3. The van der Waals surface area contributed by atoms with Gasteiger partial charge in [-0.25, -0.2) is 0 Å². The fourth-order valence-electron chi connectivity index (χ4n) is 9.40. The molecule has 0 amide bonds. The molecular formula is C52H54N4. The van der Waals surface area contributed by atoms with E-state index in [1.165, 1.54) is 59.1 Å². The van der Waals surface area contributed by atoms with Crippen LogP contribution in [0.15, 0.2) is 192 Å². The predicted octanol–water partition coefficient (Wildman–Crippen LogP) is 10.9. The minimum atomic E-state index is -0.516. The zero-order chi connectivity index (χ0) is 37.9. The van der Waals surface area contributed by atoms with Gasteiger partial charge in [0.2, 0.25) is 0 Å². The summed E-state index contributed by atoms with van der Waals surface area (Å²) in [6.07, 6.45) is 13.0. The van der Waals surface area contributed by atoms with Crippen LogP contribution in [0.3, 0.4) is 0 Å². The Hall–Kier alpha value is -5.42. The van der Waals surface area contributed by atoms with E-state index in [0.29, 0.717) is 0 Å². The minimum Gasteiger partial charge on any atom is -0.295 e. The van der Waals surface area contributed by atoms with Crippen molar-refractivity contribution < 1.29 is 0 Å². The third-order valence-corrected chi connectivity index (χ3v) is 12.1. The lowest BCUT2D eigenvalue weighted by Gasteiger charge is -2.43. The van der Waals surface area contributed by atoms with E-state index < -0.39 is 11.1 Å². The van der Waals surface area contributed by atoms with Crippen molar-refractivity contribution in [2.45, 2.75) is 86.6 Å². The lowest BCUT2D eigenvalue weighted by atomic mass is 9.75. The second-order valence-electron chi connectivity index (χ2n) is 15.5. The molecule has 0 aliphatic heterocycles. The lowest BCUT2D eigenvalue weighted by molar-refractivity contribution is 0.281. The molecule has 56 heavy (non-hydrogen) atoms. The number of hydrogen-bond donors (Lipinski definition) is 2. The van der Waals surface area contributed by atoms with Crippen molar-refractivity contribution in [3.8, 4) is 0 Å². The Labute approximate surface area is 333 Å². The van der Waals surface area contributed by atoms with E-state index in [4.69, 9.17) is 9.98 Å². The maximum Gasteiger partial charge on any atom is 0.0950 e. The molecule has 0 spiro atoms. The van der Waals surface area contributed by atoms with Crippen molar-refractivity contribution in [1.82, 2.24) is 10.6 Å². The minimum absolute atomic E-state index is 0.146. The van der Waals surface area contributed by atoms with Crippen LogP contribution in [0.4, 0.5) is 0 Å². The molecular weight excluding hydrogens is 681 g/mol. The van der Waals surface area contributed by atoms with Crippen molar-refractivity contribution >= 4 is 12.4 Å². The normalized spacial score (nSPS) is 20.6. The van der Waals surface area contributed by atoms with Gasteiger partial charge < -0.3 is 0 Å². The molecule has 2 saturated carbocycles. The molecule has 6 aromatic rings. The third kappa shape index (κ3) is 7.95. The molecule has 4 nitrogen and oxygen atoms in total. The standard InChI is InChI=1S/C52H54N4/c1-7-23-41(24-8-1)51(42-25-9-2-10-26-42,43-27-11-3-12-28-43)55-49-37-21-19-35-47(49)53-39-40-54-48-36-20-22-38-50(48)56-52(44-29-13-4-14-30-44,45-31-15-5-16-32-45)46-33-17-6-18-34-46/h1-18,23-34,39-40,47-50,55-56H,19-22,35-38H2/t47?,48?,49-,50-/m1/s1. The number of hydrogen-bond acceptors (Lipinski definition) is 4. The molecule has 2 unspecified atom stereocenters. The van der Waals surface area contributed by atoms with Crippen LogP contribution in [0, 0.1) is 0 Å². The van der Waals surface area contributed by atoms with Crippen LogP contribution in [0.2, 0.25) is 0 Å². The number of nitrogens with zero attached hydrogens (tertiary/aromatic N) is 2. The van der Waals surface area contributed by atoms with Crippen LogP contribution < -0.4 is 10.6 Å².